The predicted molar refractivity (Wildman–Crippen MR) is 76.6 cm³/mol. The maximum atomic E-state index is 11.3. The second kappa shape index (κ2) is 6.13. The molecule has 0 atom stereocenters. The average molecular weight is 261 g/mol. The summed E-state index contributed by atoms with van der Waals surface area (Å²) in [6.45, 7) is 7.98. The second-order valence-corrected chi connectivity index (χ2v) is 5.51. The number of aryl methyl sites for hydroxylation is 1. The zero-order valence-corrected chi connectivity index (χ0v) is 12.1. The van der Waals surface area contributed by atoms with Crippen molar-refractivity contribution in [3.8, 4) is 0 Å². The van der Waals surface area contributed by atoms with E-state index >= 15 is 0 Å². The highest BCUT2D eigenvalue weighted by atomic mass is 16.1. The Morgan fingerprint density at radius 3 is 2.53 bits per heavy atom. The Morgan fingerprint density at radius 2 is 1.95 bits per heavy atom. The quantitative estimate of drug-likeness (QED) is 0.836. The van der Waals surface area contributed by atoms with E-state index in [-0.39, 0.29) is 0 Å². The molecule has 104 valence electrons. The van der Waals surface area contributed by atoms with Crippen molar-refractivity contribution in [1.29, 1.82) is 0 Å². The molecule has 4 nitrogen and oxygen atoms in total. The summed E-state index contributed by atoms with van der Waals surface area (Å²) in [5, 5.41) is 0. The highest BCUT2D eigenvalue weighted by Crippen LogP contribution is 2.20. The van der Waals surface area contributed by atoms with Crippen LogP contribution in [-0.2, 0) is 11.2 Å². The minimum Gasteiger partial charge on any atom is -0.356 e. The van der Waals surface area contributed by atoms with Crippen LogP contribution < -0.4 is 4.90 Å². The number of anilines is 1. The Bertz CT molecular complexity index is 447. The third-order valence-corrected chi connectivity index (χ3v) is 3.45. The summed E-state index contributed by atoms with van der Waals surface area (Å²) in [5.74, 6) is 2.61. The summed E-state index contributed by atoms with van der Waals surface area (Å²) in [6.07, 6.45) is 3.36. The molecule has 4 heteroatoms. The fourth-order valence-corrected chi connectivity index (χ4v) is 2.29. The standard InChI is InChI=1S/C15H23N3O/c1-4-5-12-10-14(17-15(16-12)11(2)3)18-8-6-13(19)7-9-18/h10-11H,4-9H2,1-3H3. The summed E-state index contributed by atoms with van der Waals surface area (Å²) in [4.78, 5) is 22.8. The first kappa shape index (κ1) is 14.0. The maximum Gasteiger partial charge on any atom is 0.136 e. The summed E-state index contributed by atoms with van der Waals surface area (Å²) in [7, 11) is 0. The van der Waals surface area contributed by atoms with Gasteiger partial charge in [0.25, 0.3) is 0 Å². The molecular formula is C15H23N3O. The number of nitrogens with zero attached hydrogens (tertiary/aromatic N) is 3. The topological polar surface area (TPSA) is 46.1 Å². The van der Waals surface area contributed by atoms with E-state index in [1.807, 2.05) is 0 Å². The molecule has 2 heterocycles. The SMILES string of the molecule is CCCc1cc(N2CCC(=O)CC2)nc(C(C)C)n1. The number of hydrogen-bond donors (Lipinski definition) is 0. The van der Waals surface area contributed by atoms with Gasteiger partial charge in [0, 0.05) is 43.6 Å². The predicted octanol–water partition coefficient (Wildman–Crippen LogP) is 2.72. The fourth-order valence-electron chi connectivity index (χ4n) is 2.29. The summed E-state index contributed by atoms with van der Waals surface area (Å²) in [6, 6.07) is 2.09. The van der Waals surface area contributed by atoms with Gasteiger partial charge in [0.15, 0.2) is 0 Å². The number of hydrogen-bond acceptors (Lipinski definition) is 4. The number of piperidine rings is 1. The molecule has 1 aliphatic heterocycles. The minimum atomic E-state index is 0.335. The van der Waals surface area contributed by atoms with Crippen molar-refractivity contribution in [2.24, 2.45) is 0 Å². The molecule has 1 fully saturated rings. The second-order valence-electron chi connectivity index (χ2n) is 5.51. The van der Waals surface area contributed by atoms with Crippen LogP contribution in [0.4, 0.5) is 5.82 Å². The van der Waals surface area contributed by atoms with Gasteiger partial charge < -0.3 is 4.90 Å². The monoisotopic (exact) mass is 261 g/mol. The van der Waals surface area contributed by atoms with E-state index < -0.39 is 0 Å². The van der Waals surface area contributed by atoms with E-state index in [9.17, 15) is 4.79 Å². The number of Topliss-reactive ketones (excluding diaryl/α,β-unsaturated/α-hetero) is 1. The molecule has 1 aromatic heterocycles. The van der Waals surface area contributed by atoms with E-state index in [1.165, 1.54) is 0 Å². The van der Waals surface area contributed by atoms with Crippen molar-refractivity contribution in [3.63, 3.8) is 0 Å². The molecule has 0 saturated carbocycles. The van der Waals surface area contributed by atoms with E-state index in [0.717, 1.165) is 43.3 Å². The van der Waals surface area contributed by atoms with E-state index in [1.54, 1.807) is 0 Å². The van der Waals surface area contributed by atoms with Crippen LogP contribution in [0.25, 0.3) is 0 Å². The van der Waals surface area contributed by atoms with Gasteiger partial charge in [-0.05, 0) is 6.42 Å². The van der Waals surface area contributed by atoms with Gasteiger partial charge in [0.1, 0.15) is 17.4 Å². The summed E-state index contributed by atoms with van der Waals surface area (Å²) < 4.78 is 0. The summed E-state index contributed by atoms with van der Waals surface area (Å²) in [5.41, 5.74) is 1.12. The highest BCUT2D eigenvalue weighted by Gasteiger charge is 2.19. The van der Waals surface area contributed by atoms with Crippen LogP contribution in [0.15, 0.2) is 6.07 Å². The van der Waals surface area contributed by atoms with Crippen molar-refractivity contribution < 1.29 is 4.79 Å². The van der Waals surface area contributed by atoms with E-state index in [0.29, 0.717) is 24.5 Å². The van der Waals surface area contributed by atoms with Crippen molar-refractivity contribution in [2.75, 3.05) is 18.0 Å². The Kier molecular flexibility index (Phi) is 4.51. The number of carbonyl (C=O) groups excluding carboxylic acids is 1. The molecule has 1 saturated heterocycles. The van der Waals surface area contributed by atoms with Gasteiger partial charge in [0.2, 0.25) is 0 Å². The molecule has 0 spiro atoms. The van der Waals surface area contributed by atoms with Gasteiger partial charge in [-0.3, -0.25) is 4.79 Å². The van der Waals surface area contributed by atoms with Gasteiger partial charge in [-0.2, -0.15) is 0 Å². The molecule has 0 N–H and O–H groups in total. The van der Waals surface area contributed by atoms with Crippen molar-refractivity contribution >= 4 is 11.6 Å². The smallest absolute Gasteiger partial charge is 0.136 e. The molecule has 0 radical (unpaired) electrons. The Labute approximate surface area is 115 Å². The van der Waals surface area contributed by atoms with Crippen LogP contribution in [0.2, 0.25) is 0 Å². The fraction of sp³-hybridized carbons (Fsp3) is 0.667. The zero-order chi connectivity index (χ0) is 13.8. The first-order valence-corrected chi connectivity index (χ1v) is 7.24. The third-order valence-electron chi connectivity index (χ3n) is 3.45. The lowest BCUT2D eigenvalue weighted by Crippen LogP contribution is -2.34. The maximum absolute atomic E-state index is 11.3. The molecule has 0 aromatic carbocycles. The molecular weight excluding hydrogens is 238 g/mol. The molecule has 1 aliphatic rings. The molecule has 0 bridgehead atoms. The van der Waals surface area contributed by atoms with Crippen LogP contribution in [0, 0.1) is 0 Å². The van der Waals surface area contributed by atoms with Crippen molar-refractivity contribution in [3.05, 3.63) is 17.6 Å². The van der Waals surface area contributed by atoms with Gasteiger partial charge in [-0.15, -0.1) is 0 Å². The summed E-state index contributed by atoms with van der Waals surface area (Å²) >= 11 is 0. The van der Waals surface area contributed by atoms with Gasteiger partial charge in [0.05, 0.1) is 0 Å². The number of aromatic nitrogens is 2. The number of carbonyl (C=O) groups is 1. The lowest BCUT2D eigenvalue weighted by molar-refractivity contribution is -0.119. The number of rotatable bonds is 4. The van der Waals surface area contributed by atoms with Crippen LogP contribution >= 0.6 is 0 Å². The molecule has 0 aliphatic carbocycles. The zero-order valence-electron chi connectivity index (χ0n) is 12.1. The first-order chi connectivity index (χ1) is 9.10. The van der Waals surface area contributed by atoms with Gasteiger partial charge in [-0.25, -0.2) is 9.97 Å². The lowest BCUT2D eigenvalue weighted by atomic mass is 10.1. The van der Waals surface area contributed by atoms with E-state index in [4.69, 9.17) is 0 Å². The largest absolute Gasteiger partial charge is 0.356 e. The van der Waals surface area contributed by atoms with E-state index in [2.05, 4.69) is 41.7 Å². The van der Waals surface area contributed by atoms with Gasteiger partial charge in [-0.1, -0.05) is 27.2 Å². The Morgan fingerprint density at radius 1 is 1.26 bits per heavy atom. The van der Waals surface area contributed by atoms with Crippen molar-refractivity contribution in [1.82, 2.24) is 9.97 Å². The van der Waals surface area contributed by atoms with Gasteiger partial charge >= 0.3 is 0 Å². The number of ketones is 1. The molecule has 0 amide bonds. The Balaban J connectivity index is 2.25. The lowest BCUT2D eigenvalue weighted by Gasteiger charge is -2.27. The average Bonchev–Trinajstić information content (AvgIpc) is 2.39. The molecule has 2 rings (SSSR count). The normalized spacial score (nSPS) is 16.2. The molecule has 0 unspecified atom stereocenters. The Hall–Kier alpha value is -1.45. The van der Waals surface area contributed by atoms with Crippen LogP contribution in [0.3, 0.4) is 0 Å². The first-order valence-electron chi connectivity index (χ1n) is 7.24. The third kappa shape index (κ3) is 3.52. The van der Waals surface area contributed by atoms with Crippen molar-refractivity contribution in [2.45, 2.75) is 52.4 Å². The minimum absolute atomic E-state index is 0.335. The van der Waals surface area contributed by atoms with Crippen LogP contribution in [0.1, 0.15) is 57.5 Å². The van der Waals surface area contributed by atoms with Crippen LogP contribution in [-0.4, -0.2) is 28.8 Å². The van der Waals surface area contributed by atoms with Crippen LogP contribution in [0.5, 0.6) is 0 Å². The molecule has 19 heavy (non-hydrogen) atoms. The molecule has 1 aromatic rings. The highest BCUT2D eigenvalue weighted by molar-refractivity contribution is 5.80.